The highest BCUT2D eigenvalue weighted by molar-refractivity contribution is 6.33. The van der Waals surface area contributed by atoms with Crippen molar-refractivity contribution in [3.05, 3.63) is 22.8 Å². The monoisotopic (exact) mass is 339 g/mol. The van der Waals surface area contributed by atoms with Gasteiger partial charge in [-0.1, -0.05) is 11.6 Å². The highest BCUT2D eigenvalue weighted by Gasteiger charge is 2.20. The normalized spacial score (nSPS) is 10.3. The lowest BCUT2D eigenvalue weighted by Crippen LogP contribution is -2.20. The molecule has 2 aromatic rings. The van der Waals surface area contributed by atoms with Crippen LogP contribution in [0.1, 0.15) is 17.4 Å². The quantitative estimate of drug-likeness (QED) is 0.668. The lowest BCUT2D eigenvalue weighted by Gasteiger charge is -2.13. The minimum Gasteiger partial charge on any atom is -0.490 e. The first-order valence-corrected chi connectivity index (χ1v) is 6.90. The summed E-state index contributed by atoms with van der Waals surface area (Å²) in [6.07, 6.45) is 0. The average Bonchev–Trinajstić information content (AvgIpc) is 2.96. The lowest BCUT2D eigenvalue weighted by atomic mass is 10.1. The van der Waals surface area contributed by atoms with E-state index in [0.29, 0.717) is 17.9 Å². The first-order valence-electron chi connectivity index (χ1n) is 6.52. The van der Waals surface area contributed by atoms with Gasteiger partial charge in [0.05, 0.1) is 11.6 Å². The van der Waals surface area contributed by atoms with Crippen molar-refractivity contribution < 1.29 is 19.1 Å². The number of aromatic nitrogens is 3. The minimum absolute atomic E-state index is 0.0554. The van der Waals surface area contributed by atoms with Crippen molar-refractivity contribution in [3.8, 4) is 22.8 Å². The van der Waals surface area contributed by atoms with E-state index in [4.69, 9.17) is 32.5 Å². The summed E-state index contributed by atoms with van der Waals surface area (Å²) in [6.45, 7) is 1.79. The third-order valence-corrected chi connectivity index (χ3v) is 3.05. The topological polar surface area (TPSA) is 146 Å². The number of H-pyrrole nitrogens is 1. The first-order chi connectivity index (χ1) is 10.9. The zero-order chi connectivity index (χ0) is 17.0. The largest absolute Gasteiger partial charge is 0.490 e. The van der Waals surface area contributed by atoms with Crippen molar-refractivity contribution in [2.24, 2.45) is 11.5 Å². The van der Waals surface area contributed by atoms with Gasteiger partial charge in [0.15, 0.2) is 23.8 Å². The second-order valence-electron chi connectivity index (χ2n) is 4.35. The fraction of sp³-hybridized carbons (Fsp3) is 0.231. The fourth-order valence-corrected chi connectivity index (χ4v) is 2.08. The smallest absolute Gasteiger partial charge is 0.271 e. The maximum absolute atomic E-state index is 11.4. The highest BCUT2D eigenvalue weighted by Crippen LogP contribution is 2.38. The molecule has 1 aromatic carbocycles. The van der Waals surface area contributed by atoms with E-state index >= 15 is 0 Å². The van der Waals surface area contributed by atoms with Crippen molar-refractivity contribution in [1.82, 2.24) is 15.4 Å². The zero-order valence-electron chi connectivity index (χ0n) is 12.1. The van der Waals surface area contributed by atoms with Crippen LogP contribution in [-0.4, -0.2) is 40.4 Å². The molecule has 1 heterocycles. The molecule has 122 valence electrons. The molecule has 0 saturated carbocycles. The molecule has 0 spiro atoms. The number of hydrogen-bond acceptors (Lipinski definition) is 6. The summed E-state index contributed by atoms with van der Waals surface area (Å²) in [5, 5.41) is 10.1. The number of rotatable bonds is 7. The zero-order valence-corrected chi connectivity index (χ0v) is 12.9. The number of primary amides is 2. The van der Waals surface area contributed by atoms with Crippen LogP contribution in [0.2, 0.25) is 5.02 Å². The molecule has 0 atom stereocenters. The predicted octanol–water partition coefficient (Wildman–Crippen LogP) is 0.487. The SMILES string of the molecule is CCOc1cc(-c2n[nH]nc2C(N)=O)c(Cl)cc1OCC(N)=O. The van der Waals surface area contributed by atoms with Crippen LogP contribution in [0.25, 0.3) is 11.3 Å². The number of amides is 2. The maximum atomic E-state index is 11.4. The molecule has 10 heteroatoms. The number of nitrogens with zero attached hydrogens (tertiary/aromatic N) is 2. The van der Waals surface area contributed by atoms with Crippen molar-refractivity contribution >= 4 is 23.4 Å². The van der Waals surface area contributed by atoms with E-state index in [9.17, 15) is 9.59 Å². The van der Waals surface area contributed by atoms with Crippen LogP contribution in [0.5, 0.6) is 11.5 Å². The van der Waals surface area contributed by atoms with Gasteiger partial charge in [0, 0.05) is 11.6 Å². The Hall–Kier alpha value is -2.81. The standard InChI is InChI=1S/C13H14ClN5O4/c1-2-22-8-3-6(11-12(13(16)21)18-19-17-11)7(14)4-9(8)23-5-10(15)20/h3-4H,2,5H2,1H3,(H2,15,20)(H2,16,21)(H,17,18,19). The molecule has 0 radical (unpaired) electrons. The van der Waals surface area contributed by atoms with Crippen LogP contribution in [0.15, 0.2) is 12.1 Å². The molecule has 0 bridgehead atoms. The molecule has 0 aliphatic heterocycles. The number of halogens is 1. The van der Waals surface area contributed by atoms with E-state index in [1.54, 1.807) is 6.92 Å². The third-order valence-electron chi connectivity index (χ3n) is 2.74. The molecule has 1 aromatic heterocycles. The number of hydrogen-bond donors (Lipinski definition) is 3. The number of carbonyl (C=O) groups is 2. The van der Waals surface area contributed by atoms with Gasteiger partial charge in [-0.3, -0.25) is 9.59 Å². The van der Waals surface area contributed by atoms with Crippen LogP contribution < -0.4 is 20.9 Å². The average molecular weight is 340 g/mol. The van der Waals surface area contributed by atoms with Gasteiger partial charge in [-0.15, -0.1) is 0 Å². The highest BCUT2D eigenvalue weighted by atomic mass is 35.5. The molecule has 23 heavy (non-hydrogen) atoms. The van der Waals surface area contributed by atoms with Gasteiger partial charge < -0.3 is 20.9 Å². The number of carbonyl (C=O) groups excluding carboxylic acids is 2. The Morgan fingerprint density at radius 3 is 2.52 bits per heavy atom. The van der Waals surface area contributed by atoms with E-state index in [1.165, 1.54) is 12.1 Å². The van der Waals surface area contributed by atoms with Crippen LogP contribution in [0, 0.1) is 0 Å². The summed E-state index contributed by atoms with van der Waals surface area (Å²) >= 11 is 6.20. The van der Waals surface area contributed by atoms with Crippen molar-refractivity contribution in [3.63, 3.8) is 0 Å². The van der Waals surface area contributed by atoms with E-state index in [2.05, 4.69) is 15.4 Å². The Morgan fingerprint density at radius 2 is 1.91 bits per heavy atom. The Bertz CT molecular complexity index is 746. The van der Waals surface area contributed by atoms with Crippen LogP contribution in [0.3, 0.4) is 0 Å². The molecule has 0 saturated heterocycles. The molecular weight excluding hydrogens is 326 g/mol. The molecule has 0 aliphatic rings. The molecule has 2 amide bonds. The predicted molar refractivity (Wildman–Crippen MR) is 81.2 cm³/mol. The van der Waals surface area contributed by atoms with Crippen molar-refractivity contribution in [2.75, 3.05) is 13.2 Å². The Balaban J connectivity index is 2.49. The van der Waals surface area contributed by atoms with Crippen LogP contribution in [0.4, 0.5) is 0 Å². The Labute approximate surface area is 135 Å². The fourth-order valence-electron chi connectivity index (χ4n) is 1.84. The Kier molecular flexibility index (Phi) is 5.02. The molecular formula is C13H14ClN5O4. The third kappa shape index (κ3) is 3.69. The summed E-state index contributed by atoms with van der Waals surface area (Å²) in [5.74, 6) is -0.841. The maximum Gasteiger partial charge on any atom is 0.271 e. The van der Waals surface area contributed by atoms with Gasteiger partial charge in [0.25, 0.3) is 11.8 Å². The van der Waals surface area contributed by atoms with E-state index < -0.39 is 11.8 Å². The number of aromatic amines is 1. The van der Waals surface area contributed by atoms with Gasteiger partial charge in [-0.2, -0.15) is 15.4 Å². The second-order valence-corrected chi connectivity index (χ2v) is 4.76. The molecule has 0 unspecified atom stereocenters. The number of benzene rings is 1. The summed E-state index contributed by atoms with van der Waals surface area (Å²) in [5.41, 5.74) is 10.8. The second kappa shape index (κ2) is 6.97. The van der Waals surface area contributed by atoms with Crippen molar-refractivity contribution in [2.45, 2.75) is 6.92 Å². The van der Waals surface area contributed by atoms with Crippen molar-refractivity contribution in [1.29, 1.82) is 0 Å². The van der Waals surface area contributed by atoms with Crippen LogP contribution in [-0.2, 0) is 4.79 Å². The molecule has 0 fully saturated rings. The van der Waals surface area contributed by atoms with E-state index in [-0.39, 0.29) is 28.8 Å². The number of nitrogens with one attached hydrogen (secondary N) is 1. The molecule has 0 aliphatic carbocycles. The summed E-state index contributed by atoms with van der Waals surface area (Å²) in [4.78, 5) is 22.2. The minimum atomic E-state index is -0.753. The summed E-state index contributed by atoms with van der Waals surface area (Å²) in [6, 6.07) is 2.96. The van der Waals surface area contributed by atoms with Gasteiger partial charge in [0.2, 0.25) is 0 Å². The van der Waals surface area contributed by atoms with E-state index in [0.717, 1.165) is 0 Å². The van der Waals surface area contributed by atoms with Gasteiger partial charge in [0.1, 0.15) is 5.69 Å². The molecule has 9 nitrogen and oxygen atoms in total. The summed E-state index contributed by atoms with van der Waals surface area (Å²) < 4.78 is 10.7. The summed E-state index contributed by atoms with van der Waals surface area (Å²) in [7, 11) is 0. The van der Waals surface area contributed by atoms with Gasteiger partial charge >= 0.3 is 0 Å². The number of ether oxygens (including phenoxy) is 2. The van der Waals surface area contributed by atoms with Gasteiger partial charge in [-0.25, -0.2) is 0 Å². The Morgan fingerprint density at radius 1 is 1.22 bits per heavy atom. The molecule has 2 rings (SSSR count). The first kappa shape index (κ1) is 16.6. The number of nitrogens with two attached hydrogens (primary N) is 2. The van der Waals surface area contributed by atoms with E-state index in [1.807, 2.05) is 0 Å². The van der Waals surface area contributed by atoms with Gasteiger partial charge in [-0.05, 0) is 13.0 Å². The lowest BCUT2D eigenvalue weighted by molar-refractivity contribution is -0.119. The molecule has 5 N–H and O–H groups in total. The van der Waals surface area contributed by atoms with Crippen LogP contribution >= 0.6 is 11.6 Å².